The van der Waals surface area contributed by atoms with Gasteiger partial charge in [-0.3, -0.25) is 4.79 Å². The van der Waals surface area contributed by atoms with Gasteiger partial charge in [0, 0.05) is 16.5 Å². The second kappa shape index (κ2) is 6.67. The highest BCUT2D eigenvalue weighted by Crippen LogP contribution is 2.49. The number of ether oxygens (including phenoxy) is 1. The van der Waals surface area contributed by atoms with Gasteiger partial charge in [0.15, 0.2) is 6.61 Å². The fraction of sp³-hybridized carbons (Fsp3) is 0.500. The van der Waals surface area contributed by atoms with Crippen molar-refractivity contribution >= 4 is 21.9 Å². The molecule has 0 amide bonds. The van der Waals surface area contributed by atoms with Gasteiger partial charge in [-0.25, -0.2) is 0 Å². The fourth-order valence-electron chi connectivity index (χ4n) is 4.10. The van der Waals surface area contributed by atoms with E-state index in [0.717, 1.165) is 21.9 Å². The Morgan fingerprint density at radius 2 is 2.25 bits per heavy atom. The lowest BCUT2D eigenvalue weighted by atomic mass is 9.86. The number of hydrogen-bond donors (Lipinski definition) is 0. The van der Waals surface area contributed by atoms with Gasteiger partial charge in [0.05, 0.1) is 0 Å². The molecule has 0 saturated heterocycles. The number of rotatable bonds is 5. The molecule has 2 fully saturated rings. The van der Waals surface area contributed by atoms with Gasteiger partial charge in [-0.05, 0) is 49.1 Å². The second-order valence-electron chi connectivity index (χ2n) is 6.82. The molecule has 0 aliphatic heterocycles. The molecule has 1 aromatic carbocycles. The molecule has 6 heteroatoms. The Labute approximate surface area is 148 Å². The lowest BCUT2D eigenvalue weighted by molar-refractivity contribution is -0.147. The highest BCUT2D eigenvalue weighted by molar-refractivity contribution is 9.10. The molecule has 0 N–H and O–H groups in total. The summed E-state index contributed by atoms with van der Waals surface area (Å²) in [6.45, 7) is 0.0423. The van der Waals surface area contributed by atoms with Gasteiger partial charge >= 0.3 is 5.97 Å². The molecule has 2 saturated carbocycles. The number of carbonyl (C=O) groups excluding carboxylic acids is 1. The zero-order valence-corrected chi connectivity index (χ0v) is 14.9. The number of fused-ring (bicyclic) bond motifs is 2. The van der Waals surface area contributed by atoms with E-state index in [9.17, 15) is 4.79 Å². The van der Waals surface area contributed by atoms with E-state index < -0.39 is 0 Å². The number of hydrogen-bond acceptors (Lipinski definition) is 5. The van der Waals surface area contributed by atoms with Crippen LogP contribution in [0.25, 0.3) is 11.4 Å². The van der Waals surface area contributed by atoms with Crippen molar-refractivity contribution in [2.75, 3.05) is 0 Å². The molecule has 126 valence electrons. The minimum Gasteiger partial charge on any atom is -0.456 e. The van der Waals surface area contributed by atoms with Crippen LogP contribution in [0.15, 0.2) is 33.3 Å². The second-order valence-corrected chi connectivity index (χ2v) is 7.74. The van der Waals surface area contributed by atoms with Gasteiger partial charge in [0.2, 0.25) is 5.82 Å². The molecule has 2 aliphatic carbocycles. The predicted octanol–water partition coefficient (Wildman–Crippen LogP) is 4.37. The Hall–Kier alpha value is -1.69. The molecular weight excluding hydrogens is 372 g/mol. The fourth-order valence-corrected chi connectivity index (χ4v) is 4.50. The molecule has 2 aliphatic rings. The van der Waals surface area contributed by atoms with Crippen LogP contribution in [-0.2, 0) is 16.1 Å². The summed E-state index contributed by atoms with van der Waals surface area (Å²) in [4.78, 5) is 16.3. The normalized spacial score (nSPS) is 25.1. The molecule has 2 aromatic rings. The lowest BCUT2D eigenvalue weighted by Crippen LogP contribution is -2.17. The molecule has 5 nitrogen and oxygen atoms in total. The lowest BCUT2D eigenvalue weighted by Gasteiger charge is -2.20. The van der Waals surface area contributed by atoms with Crippen LogP contribution in [0.4, 0.5) is 0 Å². The Kier molecular flexibility index (Phi) is 4.39. The maximum atomic E-state index is 12.1. The number of esters is 1. The minimum atomic E-state index is -0.158. The van der Waals surface area contributed by atoms with Crippen LogP contribution >= 0.6 is 15.9 Å². The summed E-state index contributed by atoms with van der Waals surface area (Å²) in [5, 5.41) is 3.94. The molecule has 1 aromatic heterocycles. The first-order chi connectivity index (χ1) is 11.7. The van der Waals surface area contributed by atoms with E-state index in [1.165, 1.54) is 25.7 Å². The van der Waals surface area contributed by atoms with Crippen molar-refractivity contribution in [1.29, 1.82) is 0 Å². The van der Waals surface area contributed by atoms with Crippen LogP contribution in [0.2, 0.25) is 0 Å². The summed E-state index contributed by atoms with van der Waals surface area (Å²) in [5.74, 6) is 2.75. The molecule has 0 radical (unpaired) electrons. The van der Waals surface area contributed by atoms with Gasteiger partial charge in [0.1, 0.15) is 0 Å². The van der Waals surface area contributed by atoms with Crippen LogP contribution in [0, 0.1) is 17.8 Å². The van der Waals surface area contributed by atoms with Gasteiger partial charge in [-0.2, -0.15) is 4.98 Å². The Morgan fingerprint density at radius 3 is 3.00 bits per heavy atom. The molecule has 0 spiro atoms. The molecule has 4 rings (SSSR count). The standard InChI is InChI=1S/C18H19BrN2O3/c19-15-3-1-2-13(8-15)18-20-16(24-21-18)10-23-17(22)9-14-7-11-4-5-12(14)6-11/h1-3,8,11-12,14H,4-7,9-10H2/t11-,12-,14-/m1/s1. The Morgan fingerprint density at radius 1 is 1.33 bits per heavy atom. The van der Waals surface area contributed by atoms with Gasteiger partial charge in [-0.15, -0.1) is 0 Å². The Bertz CT molecular complexity index is 745. The van der Waals surface area contributed by atoms with Gasteiger partial charge in [-0.1, -0.05) is 39.6 Å². The van der Waals surface area contributed by atoms with Crippen LogP contribution < -0.4 is 0 Å². The molecule has 24 heavy (non-hydrogen) atoms. The van der Waals surface area contributed by atoms with E-state index in [4.69, 9.17) is 9.26 Å². The topological polar surface area (TPSA) is 65.2 Å². The van der Waals surface area contributed by atoms with Crippen LogP contribution in [-0.4, -0.2) is 16.1 Å². The average molecular weight is 391 g/mol. The van der Waals surface area contributed by atoms with E-state index >= 15 is 0 Å². The largest absolute Gasteiger partial charge is 0.456 e. The average Bonchev–Trinajstić information content (AvgIpc) is 3.29. The van der Waals surface area contributed by atoms with E-state index in [2.05, 4.69) is 26.1 Å². The van der Waals surface area contributed by atoms with Crippen molar-refractivity contribution in [1.82, 2.24) is 10.1 Å². The highest BCUT2D eigenvalue weighted by atomic mass is 79.9. The zero-order valence-electron chi connectivity index (χ0n) is 13.3. The van der Waals surface area contributed by atoms with Crippen molar-refractivity contribution < 1.29 is 14.1 Å². The van der Waals surface area contributed by atoms with E-state index in [1.807, 2.05) is 24.3 Å². The van der Waals surface area contributed by atoms with E-state index in [-0.39, 0.29) is 12.6 Å². The van der Waals surface area contributed by atoms with Crippen molar-refractivity contribution in [2.24, 2.45) is 17.8 Å². The maximum absolute atomic E-state index is 12.1. The molecule has 2 bridgehead atoms. The predicted molar refractivity (Wildman–Crippen MR) is 90.8 cm³/mol. The van der Waals surface area contributed by atoms with Crippen molar-refractivity contribution in [3.63, 3.8) is 0 Å². The quantitative estimate of drug-likeness (QED) is 0.709. The molecule has 1 heterocycles. The highest BCUT2D eigenvalue weighted by Gasteiger charge is 2.40. The number of carbonyl (C=O) groups is 1. The molecular formula is C18H19BrN2O3. The number of halogens is 1. The first-order valence-electron chi connectivity index (χ1n) is 8.41. The summed E-state index contributed by atoms with van der Waals surface area (Å²) >= 11 is 3.42. The summed E-state index contributed by atoms with van der Waals surface area (Å²) in [6, 6.07) is 7.66. The van der Waals surface area contributed by atoms with Crippen LogP contribution in [0.3, 0.4) is 0 Å². The van der Waals surface area contributed by atoms with E-state index in [0.29, 0.717) is 24.1 Å². The minimum absolute atomic E-state index is 0.0423. The maximum Gasteiger partial charge on any atom is 0.306 e. The third-order valence-electron chi connectivity index (χ3n) is 5.22. The monoisotopic (exact) mass is 390 g/mol. The van der Waals surface area contributed by atoms with Gasteiger partial charge < -0.3 is 9.26 Å². The summed E-state index contributed by atoms with van der Waals surface area (Å²) in [5.41, 5.74) is 0.854. The van der Waals surface area contributed by atoms with E-state index in [1.54, 1.807) is 0 Å². The zero-order chi connectivity index (χ0) is 16.5. The third-order valence-corrected chi connectivity index (χ3v) is 5.71. The van der Waals surface area contributed by atoms with Crippen LogP contribution in [0.5, 0.6) is 0 Å². The summed E-state index contributed by atoms with van der Waals surface area (Å²) < 4.78 is 11.4. The molecule has 0 unspecified atom stereocenters. The van der Waals surface area contributed by atoms with Crippen molar-refractivity contribution in [3.05, 3.63) is 34.6 Å². The first kappa shape index (κ1) is 15.8. The van der Waals surface area contributed by atoms with Gasteiger partial charge in [0.25, 0.3) is 5.89 Å². The smallest absolute Gasteiger partial charge is 0.306 e. The first-order valence-corrected chi connectivity index (χ1v) is 9.21. The number of aromatic nitrogens is 2. The number of benzene rings is 1. The summed E-state index contributed by atoms with van der Waals surface area (Å²) in [6.07, 6.45) is 5.64. The van der Waals surface area contributed by atoms with Crippen LogP contribution in [0.1, 0.15) is 38.0 Å². The molecule has 3 atom stereocenters. The summed E-state index contributed by atoms with van der Waals surface area (Å²) in [7, 11) is 0. The third kappa shape index (κ3) is 3.38. The van der Waals surface area contributed by atoms with Crippen molar-refractivity contribution in [3.8, 4) is 11.4 Å². The number of nitrogens with zero attached hydrogens (tertiary/aromatic N) is 2. The van der Waals surface area contributed by atoms with Crippen molar-refractivity contribution in [2.45, 2.75) is 38.7 Å². The Balaban J connectivity index is 1.31. The SMILES string of the molecule is O=C(C[C@H]1C[C@@H]2CC[C@@H]1C2)OCc1nc(-c2cccc(Br)c2)no1.